The molecule has 0 radical (unpaired) electrons. The number of anilines is 1. The Hall–Kier alpha value is -4.07. The Labute approximate surface area is 178 Å². The Morgan fingerprint density at radius 1 is 1.00 bits per heavy atom. The smallest absolute Gasteiger partial charge is 0.255 e. The van der Waals surface area contributed by atoms with Crippen LogP contribution in [0.3, 0.4) is 0 Å². The summed E-state index contributed by atoms with van der Waals surface area (Å²) >= 11 is 0. The largest absolute Gasteiger partial charge is 0.439 e. The fraction of sp³-hybridized carbons (Fsp3) is 0.130. The van der Waals surface area contributed by atoms with Crippen LogP contribution in [0, 0.1) is 26.6 Å². The quantitative estimate of drug-likeness (QED) is 0.506. The van der Waals surface area contributed by atoms with Crippen molar-refractivity contribution < 1.29 is 13.9 Å². The van der Waals surface area contributed by atoms with E-state index in [1.165, 1.54) is 12.4 Å². The van der Waals surface area contributed by atoms with Crippen LogP contribution in [-0.2, 0) is 0 Å². The van der Waals surface area contributed by atoms with Gasteiger partial charge < -0.3 is 10.1 Å². The molecule has 31 heavy (non-hydrogen) atoms. The molecule has 0 saturated carbocycles. The van der Waals surface area contributed by atoms with Gasteiger partial charge in [0, 0.05) is 23.0 Å². The van der Waals surface area contributed by atoms with Gasteiger partial charge in [0.15, 0.2) is 5.82 Å². The summed E-state index contributed by atoms with van der Waals surface area (Å²) in [5, 5.41) is 7.15. The van der Waals surface area contributed by atoms with Gasteiger partial charge in [-0.05, 0) is 68.8 Å². The summed E-state index contributed by atoms with van der Waals surface area (Å²) in [6.07, 6.45) is 1.41. The average molecular weight is 417 g/mol. The minimum Gasteiger partial charge on any atom is -0.439 e. The number of carbonyl (C=O) groups is 1. The van der Waals surface area contributed by atoms with Gasteiger partial charge in [-0.15, -0.1) is 0 Å². The summed E-state index contributed by atoms with van der Waals surface area (Å²) in [4.78, 5) is 20.7. The van der Waals surface area contributed by atoms with Crippen molar-refractivity contribution in [3.63, 3.8) is 0 Å². The second-order valence-electron chi connectivity index (χ2n) is 7.10. The van der Waals surface area contributed by atoms with Crippen molar-refractivity contribution in [3.05, 3.63) is 89.3 Å². The van der Waals surface area contributed by atoms with E-state index >= 15 is 0 Å². The molecule has 7 nitrogen and oxygen atoms in total. The van der Waals surface area contributed by atoms with Crippen LogP contribution in [0.1, 0.15) is 27.3 Å². The van der Waals surface area contributed by atoms with Gasteiger partial charge in [0.05, 0.1) is 5.69 Å². The van der Waals surface area contributed by atoms with E-state index in [4.69, 9.17) is 4.74 Å². The standard InChI is InChI=1S/C23H20FN5O2/c1-14-4-5-17(11-20(14)24)23(30)27-18-6-8-19(9-7-18)31-22-12-21(25-13-26-22)29-16(3)10-15(2)28-29/h4-13H,1-3H3,(H,27,30). The number of hydrogen-bond donors (Lipinski definition) is 1. The Balaban J connectivity index is 1.45. The predicted molar refractivity (Wildman–Crippen MR) is 114 cm³/mol. The number of rotatable bonds is 5. The molecule has 8 heteroatoms. The molecule has 1 N–H and O–H groups in total. The van der Waals surface area contributed by atoms with E-state index in [9.17, 15) is 9.18 Å². The van der Waals surface area contributed by atoms with Crippen LogP contribution in [0.5, 0.6) is 11.6 Å². The fourth-order valence-electron chi connectivity index (χ4n) is 3.03. The van der Waals surface area contributed by atoms with E-state index in [1.54, 1.807) is 54.1 Å². The van der Waals surface area contributed by atoms with Gasteiger partial charge in [-0.25, -0.2) is 19.0 Å². The Morgan fingerprint density at radius 3 is 2.45 bits per heavy atom. The van der Waals surface area contributed by atoms with E-state index in [2.05, 4.69) is 20.4 Å². The molecule has 0 spiro atoms. The number of amides is 1. The summed E-state index contributed by atoms with van der Waals surface area (Å²) in [6, 6.07) is 14.8. The number of nitrogens with zero attached hydrogens (tertiary/aromatic N) is 4. The molecule has 0 saturated heterocycles. The number of aryl methyl sites for hydroxylation is 3. The van der Waals surface area contributed by atoms with Gasteiger partial charge in [0.2, 0.25) is 5.88 Å². The van der Waals surface area contributed by atoms with Gasteiger partial charge in [-0.3, -0.25) is 4.79 Å². The first-order valence-electron chi connectivity index (χ1n) is 9.60. The molecule has 0 atom stereocenters. The molecular formula is C23H20FN5O2. The minimum absolute atomic E-state index is 0.251. The van der Waals surface area contributed by atoms with E-state index < -0.39 is 11.7 Å². The molecule has 0 fully saturated rings. The van der Waals surface area contributed by atoms with Crippen molar-refractivity contribution in [1.82, 2.24) is 19.7 Å². The van der Waals surface area contributed by atoms with Crippen LogP contribution < -0.4 is 10.1 Å². The fourth-order valence-corrected chi connectivity index (χ4v) is 3.03. The zero-order valence-electron chi connectivity index (χ0n) is 17.3. The lowest BCUT2D eigenvalue weighted by Crippen LogP contribution is -2.12. The molecule has 156 valence electrons. The van der Waals surface area contributed by atoms with E-state index in [0.29, 0.717) is 28.7 Å². The first kappa shape index (κ1) is 20.2. The van der Waals surface area contributed by atoms with E-state index in [-0.39, 0.29) is 5.56 Å². The Morgan fingerprint density at radius 2 is 1.77 bits per heavy atom. The molecule has 4 rings (SSSR count). The lowest BCUT2D eigenvalue weighted by Gasteiger charge is -2.09. The van der Waals surface area contributed by atoms with Crippen LogP contribution in [0.4, 0.5) is 10.1 Å². The van der Waals surface area contributed by atoms with Crippen LogP contribution in [-0.4, -0.2) is 25.7 Å². The van der Waals surface area contributed by atoms with Gasteiger partial charge in [-0.1, -0.05) is 6.07 Å². The molecule has 2 heterocycles. The summed E-state index contributed by atoms with van der Waals surface area (Å²) in [5.74, 6) is 0.700. The Kier molecular flexibility index (Phi) is 5.44. The number of hydrogen-bond acceptors (Lipinski definition) is 5. The third-order valence-electron chi connectivity index (χ3n) is 4.62. The summed E-state index contributed by atoms with van der Waals surface area (Å²) < 4.78 is 21.2. The van der Waals surface area contributed by atoms with E-state index in [1.807, 2.05) is 19.9 Å². The summed E-state index contributed by atoms with van der Waals surface area (Å²) in [6.45, 7) is 5.51. The first-order valence-corrected chi connectivity index (χ1v) is 9.60. The second kappa shape index (κ2) is 8.35. The maximum absolute atomic E-state index is 13.7. The Bertz CT molecular complexity index is 1250. The van der Waals surface area contributed by atoms with Crippen molar-refractivity contribution in [1.29, 1.82) is 0 Å². The van der Waals surface area contributed by atoms with Crippen molar-refractivity contribution in [2.75, 3.05) is 5.32 Å². The first-order chi connectivity index (χ1) is 14.9. The molecule has 0 unspecified atom stereocenters. The molecule has 0 aliphatic heterocycles. The van der Waals surface area contributed by atoms with Gasteiger partial charge in [0.25, 0.3) is 5.91 Å². The third-order valence-corrected chi connectivity index (χ3v) is 4.62. The molecule has 0 aliphatic rings. The topological polar surface area (TPSA) is 81.9 Å². The predicted octanol–water partition coefficient (Wildman–Crippen LogP) is 4.77. The summed E-state index contributed by atoms with van der Waals surface area (Å²) in [7, 11) is 0. The van der Waals surface area contributed by atoms with Crippen molar-refractivity contribution in [2.45, 2.75) is 20.8 Å². The molecule has 1 amide bonds. The van der Waals surface area contributed by atoms with Crippen molar-refractivity contribution >= 4 is 11.6 Å². The monoisotopic (exact) mass is 417 g/mol. The van der Waals surface area contributed by atoms with Crippen molar-refractivity contribution in [3.8, 4) is 17.4 Å². The number of ether oxygens (including phenoxy) is 1. The van der Waals surface area contributed by atoms with Crippen LogP contribution in [0.25, 0.3) is 5.82 Å². The highest BCUT2D eigenvalue weighted by atomic mass is 19.1. The van der Waals surface area contributed by atoms with Gasteiger partial charge in [-0.2, -0.15) is 5.10 Å². The average Bonchev–Trinajstić information content (AvgIpc) is 3.09. The molecule has 0 bridgehead atoms. The zero-order chi connectivity index (χ0) is 22.0. The van der Waals surface area contributed by atoms with Gasteiger partial charge >= 0.3 is 0 Å². The van der Waals surface area contributed by atoms with Crippen LogP contribution in [0.15, 0.2) is 60.9 Å². The molecule has 2 aromatic heterocycles. The molecule has 4 aromatic rings. The lowest BCUT2D eigenvalue weighted by atomic mass is 10.1. The lowest BCUT2D eigenvalue weighted by molar-refractivity contribution is 0.102. The minimum atomic E-state index is -0.416. The number of nitrogens with one attached hydrogen (secondary N) is 1. The maximum atomic E-state index is 13.7. The summed E-state index contributed by atoms with van der Waals surface area (Å²) in [5.41, 5.74) is 3.15. The zero-order valence-corrected chi connectivity index (χ0v) is 17.3. The molecular weight excluding hydrogens is 397 g/mol. The number of aromatic nitrogens is 4. The number of benzene rings is 2. The maximum Gasteiger partial charge on any atom is 0.255 e. The highest BCUT2D eigenvalue weighted by molar-refractivity contribution is 6.04. The highest BCUT2D eigenvalue weighted by Gasteiger charge is 2.10. The van der Waals surface area contributed by atoms with Crippen molar-refractivity contribution in [2.24, 2.45) is 0 Å². The van der Waals surface area contributed by atoms with Gasteiger partial charge in [0.1, 0.15) is 17.9 Å². The number of carbonyl (C=O) groups excluding carboxylic acids is 1. The highest BCUT2D eigenvalue weighted by Crippen LogP contribution is 2.23. The SMILES string of the molecule is Cc1cc(C)n(-c2cc(Oc3ccc(NC(=O)c4ccc(C)c(F)c4)cc3)ncn2)n1. The second-order valence-corrected chi connectivity index (χ2v) is 7.10. The normalized spacial score (nSPS) is 10.7. The van der Waals surface area contributed by atoms with E-state index in [0.717, 1.165) is 11.4 Å². The van der Waals surface area contributed by atoms with Crippen LogP contribution >= 0.6 is 0 Å². The number of halogens is 1. The van der Waals surface area contributed by atoms with Crippen LogP contribution in [0.2, 0.25) is 0 Å². The molecule has 0 aliphatic carbocycles. The molecule has 2 aromatic carbocycles. The third kappa shape index (κ3) is 4.58.